The number of nitrogens with one attached hydrogen (secondary N) is 1. The van der Waals surface area contributed by atoms with Crippen molar-refractivity contribution in [1.29, 1.82) is 0 Å². The molecule has 0 saturated carbocycles. The van der Waals surface area contributed by atoms with Crippen LogP contribution >= 0.6 is 34.5 Å². The molecule has 0 saturated heterocycles. The Morgan fingerprint density at radius 1 is 1.33 bits per heavy atom. The Balaban J connectivity index is 2.27. The van der Waals surface area contributed by atoms with Gasteiger partial charge in [0.25, 0.3) is 0 Å². The van der Waals surface area contributed by atoms with E-state index >= 15 is 0 Å². The smallest absolute Gasteiger partial charge is 0.154 e. The molecule has 1 unspecified atom stereocenters. The zero-order valence-electron chi connectivity index (χ0n) is 10.3. The van der Waals surface area contributed by atoms with E-state index in [1.54, 1.807) is 17.4 Å². The Morgan fingerprint density at radius 2 is 2.06 bits per heavy atom. The van der Waals surface area contributed by atoms with E-state index in [2.05, 4.69) is 22.2 Å². The summed E-state index contributed by atoms with van der Waals surface area (Å²) in [5.74, 6) is 0. The molecule has 0 aliphatic carbocycles. The van der Waals surface area contributed by atoms with E-state index < -0.39 is 0 Å². The lowest BCUT2D eigenvalue weighted by Crippen LogP contribution is -2.08. The average Bonchev–Trinajstić information content (AvgIpc) is 2.69. The normalized spacial score (nSPS) is 12.5. The van der Waals surface area contributed by atoms with Gasteiger partial charge >= 0.3 is 0 Å². The van der Waals surface area contributed by atoms with Crippen LogP contribution in [-0.4, -0.2) is 9.97 Å². The Kier molecular flexibility index (Phi) is 4.10. The number of nitrogens with zero attached hydrogens (tertiary/aromatic N) is 2. The van der Waals surface area contributed by atoms with Crippen molar-refractivity contribution in [3.8, 4) is 0 Å². The quantitative estimate of drug-likeness (QED) is 0.840. The highest BCUT2D eigenvalue weighted by molar-refractivity contribution is 7.09. The molecule has 1 atom stereocenters. The summed E-state index contributed by atoms with van der Waals surface area (Å²) in [6.45, 7) is 6.03. The number of anilines is 1. The van der Waals surface area contributed by atoms with Gasteiger partial charge in [-0.25, -0.2) is 9.97 Å². The molecule has 2 aromatic heterocycles. The minimum atomic E-state index is 0.136. The topological polar surface area (TPSA) is 37.8 Å². The second kappa shape index (κ2) is 5.43. The van der Waals surface area contributed by atoms with Crippen LogP contribution in [0.5, 0.6) is 0 Å². The third-order valence-electron chi connectivity index (χ3n) is 2.68. The molecular formula is C12H13Cl2N3S. The number of hydrogen-bond acceptors (Lipinski definition) is 4. The lowest BCUT2D eigenvalue weighted by Gasteiger charge is -2.17. The highest BCUT2D eigenvalue weighted by atomic mass is 35.5. The summed E-state index contributed by atoms with van der Waals surface area (Å²) in [7, 11) is 0. The summed E-state index contributed by atoms with van der Waals surface area (Å²) in [6, 6.07) is 1.93. The first-order valence-corrected chi connectivity index (χ1v) is 7.11. The molecule has 2 aromatic rings. The number of aromatic nitrogens is 2. The Hall–Kier alpha value is -0.840. The maximum absolute atomic E-state index is 6.11. The fraction of sp³-hybridized carbons (Fsp3) is 0.333. The van der Waals surface area contributed by atoms with Crippen LogP contribution in [0.4, 0.5) is 5.69 Å². The van der Waals surface area contributed by atoms with Gasteiger partial charge in [-0.3, -0.25) is 0 Å². The van der Waals surface area contributed by atoms with E-state index in [0.717, 1.165) is 16.9 Å². The maximum atomic E-state index is 6.11. The first-order chi connectivity index (χ1) is 8.49. The van der Waals surface area contributed by atoms with Gasteiger partial charge in [-0.1, -0.05) is 23.2 Å². The van der Waals surface area contributed by atoms with Crippen molar-refractivity contribution in [3.05, 3.63) is 38.0 Å². The molecule has 0 aromatic carbocycles. The van der Waals surface area contributed by atoms with E-state index in [1.165, 1.54) is 4.88 Å². The molecule has 0 bridgehead atoms. The standard InChI is InChI=1S/C12H13Cl2N3S/c1-6-4-9(13)17-12(14)10(6)16-8(3)11-7(2)15-5-18-11/h4-5,8,16H,1-3H3. The fourth-order valence-electron chi connectivity index (χ4n) is 1.78. The summed E-state index contributed by atoms with van der Waals surface area (Å²) in [6.07, 6.45) is 0. The van der Waals surface area contributed by atoms with Crippen molar-refractivity contribution in [2.75, 3.05) is 5.32 Å². The van der Waals surface area contributed by atoms with E-state index in [4.69, 9.17) is 23.2 Å². The second-order valence-corrected chi connectivity index (χ2v) is 5.73. The van der Waals surface area contributed by atoms with Gasteiger partial charge in [0, 0.05) is 4.88 Å². The summed E-state index contributed by atoms with van der Waals surface area (Å²) in [5, 5.41) is 4.17. The van der Waals surface area contributed by atoms with Crippen molar-refractivity contribution < 1.29 is 0 Å². The van der Waals surface area contributed by atoms with Gasteiger partial charge in [0.15, 0.2) is 5.15 Å². The van der Waals surface area contributed by atoms with Crippen LogP contribution in [0.2, 0.25) is 10.3 Å². The first kappa shape index (κ1) is 13.6. The number of pyridine rings is 1. The van der Waals surface area contributed by atoms with Crippen LogP contribution in [0.1, 0.15) is 29.1 Å². The van der Waals surface area contributed by atoms with E-state index in [0.29, 0.717) is 10.3 Å². The van der Waals surface area contributed by atoms with Crippen molar-refractivity contribution >= 4 is 40.2 Å². The van der Waals surface area contributed by atoms with Crippen LogP contribution in [0.3, 0.4) is 0 Å². The molecule has 2 heterocycles. The third kappa shape index (κ3) is 2.76. The second-order valence-electron chi connectivity index (χ2n) is 4.10. The Morgan fingerprint density at radius 3 is 2.61 bits per heavy atom. The van der Waals surface area contributed by atoms with Gasteiger partial charge in [-0.15, -0.1) is 11.3 Å². The van der Waals surface area contributed by atoms with Gasteiger partial charge in [-0.2, -0.15) is 0 Å². The molecule has 0 spiro atoms. The van der Waals surface area contributed by atoms with E-state index in [-0.39, 0.29) is 6.04 Å². The van der Waals surface area contributed by atoms with Gasteiger partial charge in [0.1, 0.15) is 5.15 Å². The molecule has 0 fully saturated rings. The minimum absolute atomic E-state index is 0.136. The average molecular weight is 302 g/mol. The molecule has 0 aliphatic heterocycles. The monoisotopic (exact) mass is 301 g/mol. The molecule has 18 heavy (non-hydrogen) atoms. The molecule has 6 heteroatoms. The molecule has 2 rings (SSSR count). The van der Waals surface area contributed by atoms with Gasteiger partial charge < -0.3 is 5.32 Å². The molecule has 3 nitrogen and oxygen atoms in total. The fourth-order valence-corrected chi connectivity index (χ4v) is 3.17. The third-order valence-corrected chi connectivity index (χ3v) is 4.26. The van der Waals surface area contributed by atoms with Crippen LogP contribution in [0.15, 0.2) is 11.6 Å². The molecular weight excluding hydrogens is 289 g/mol. The molecule has 0 radical (unpaired) electrons. The summed E-state index contributed by atoms with van der Waals surface area (Å²) >= 11 is 13.6. The van der Waals surface area contributed by atoms with Crippen molar-refractivity contribution in [2.24, 2.45) is 0 Å². The number of thiazole rings is 1. The number of aryl methyl sites for hydroxylation is 2. The summed E-state index contributed by atoms with van der Waals surface area (Å²) < 4.78 is 0. The van der Waals surface area contributed by atoms with Crippen LogP contribution in [0.25, 0.3) is 0 Å². The minimum Gasteiger partial charge on any atom is -0.375 e. The van der Waals surface area contributed by atoms with Gasteiger partial charge in [0.05, 0.1) is 22.9 Å². The van der Waals surface area contributed by atoms with E-state index in [9.17, 15) is 0 Å². The maximum Gasteiger partial charge on any atom is 0.154 e. The van der Waals surface area contributed by atoms with Crippen LogP contribution < -0.4 is 5.32 Å². The zero-order valence-corrected chi connectivity index (χ0v) is 12.6. The van der Waals surface area contributed by atoms with E-state index in [1.807, 2.05) is 19.4 Å². The van der Waals surface area contributed by atoms with Crippen LogP contribution in [0, 0.1) is 13.8 Å². The molecule has 96 valence electrons. The van der Waals surface area contributed by atoms with Gasteiger partial charge in [-0.05, 0) is 32.4 Å². The molecule has 1 N–H and O–H groups in total. The number of halogens is 2. The highest BCUT2D eigenvalue weighted by Gasteiger charge is 2.14. The van der Waals surface area contributed by atoms with Gasteiger partial charge in [0.2, 0.25) is 0 Å². The SMILES string of the molecule is Cc1cc(Cl)nc(Cl)c1NC(C)c1scnc1C. The largest absolute Gasteiger partial charge is 0.375 e. The highest BCUT2D eigenvalue weighted by Crippen LogP contribution is 2.31. The summed E-state index contributed by atoms with van der Waals surface area (Å²) in [5.41, 5.74) is 4.68. The lowest BCUT2D eigenvalue weighted by atomic mass is 10.2. The predicted octanol–water partition coefficient (Wildman–Crippen LogP) is 4.63. The zero-order chi connectivity index (χ0) is 13.3. The molecule has 0 amide bonds. The lowest BCUT2D eigenvalue weighted by molar-refractivity contribution is 0.886. The Bertz CT molecular complexity index is 545. The summed E-state index contributed by atoms with van der Waals surface area (Å²) in [4.78, 5) is 9.49. The number of rotatable bonds is 3. The molecule has 0 aliphatic rings. The Labute approximate surface area is 120 Å². The van der Waals surface area contributed by atoms with Crippen molar-refractivity contribution in [2.45, 2.75) is 26.8 Å². The number of hydrogen-bond donors (Lipinski definition) is 1. The van der Waals surface area contributed by atoms with Crippen molar-refractivity contribution in [1.82, 2.24) is 9.97 Å². The van der Waals surface area contributed by atoms with Crippen LogP contribution in [-0.2, 0) is 0 Å². The first-order valence-electron chi connectivity index (χ1n) is 5.48. The predicted molar refractivity (Wildman–Crippen MR) is 77.9 cm³/mol. The van der Waals surface area contributed by atoms with Crippen molar-refractivity contribution in [3.63, 3.8) is 0 Å².